The first-order valence-corrected chi connectivity index (χ1v) is 7.12. The highest BCUT2D eigenvalue weighted by Crippen LogP contribution is 2.34. The van der Waals surface area contributed by atoms with Crippen LogP contribution in [0.3, 0.4) is 0 Å². The van der Waals surface area contributed by atoms with Crippen LogP contribution in [0.2, 0.25) is 0 Å². The normalized spacial score (nSPS) is 18.2. The second-order valence-corrected chi connectivity index (χ2v) is 6.15. The molecular formula is C14H26N4O. The van der Waals surface area contributed by atoms with Crippen molar-refractivity contribution in [2.24, 2.45) is 0 Å². The number of anilines is 2. The fourth-order valence-corrected chi connectivity index (χ4v) is 3.00. The van der Waals surface area contributed by atoms with Gasteiger partial charge >= 0.3 is 0 Å². The Morgan fingerprint density at radius 2 is 2.00 bits per heavy atom. The van der Waals surface area contributed by atoms with Crippen molar-refractivity contribution in [3.05, 3.63) is 5.69 Å². The Labute approximate surface area is 115 Å². The van der Waals surface area contributed by atoms with Crippen molar-refractivity contribution in [2.75, 3.05) is 24.2 Å². The Morgan fingerprint density at radius 1 is 1.42 bits per heavy atom. The molecule has 0 aromatic carbocycles. The lowest BCUT2D eigenvalue weighted by atomic mass is 10.0. The van der Waals surface area contributed by atoms with Crippen LogP contribution in [0.5, 0.6) is 0 Å². The minimum atomic E-state index is -0.568. The van der Waals surface area contributed by atoms with Crippen LogP contribution in [0.4, 0.5) is 11.5 Å². The first-order chi connectivity index (χ1) is 8.84. The summed E-state index contributed by atoms with van der Waals surface area (Å²) in [4.78, 5) is 2.06. The molecule has 1 aliphatic rings. The number of aliphatic hydroxyl groups is 1. The predicted molar refractivity (Wildman–Crippen MR) is 78.4 cm³/mol. The molecule has 1 aromatic rings. The van der Waals surface area contributed by atoms with Crippen molar-refractivity contribution in [3.63, 3.8) is 0 Å². The molecule has 0 atom stereocenters. The molecule has 0 bridgehead atoms. The van der Waals surface area contributed by atoms with Crippen molar-refractivity contribution < 1.29 is 5.11 Å². The maximum absolute atomic E-state index is 10.5. The molecule has 1 saturated carbocycles. The van der Waals surface area contributed by atoms with E-state index in [1.807, 2.05) is 18.7 Å². The average molecular weight is 266 g/mol. The van der Waals surface area contributed by atoms with Gasteiger partial charge in [-0.05, 0) is 33.6 Å². The first-order valence-electron chi connectivity index (χ1n) is 7.12. The number of nitrogens with two attached hydrogens (primary N) is 1. The van der Waals surface area contributed by atoms with Gasteiger partial charge < -0.3 is 15.7 Å². The van der Waals surface area contributed by atoms with Crippen molar-refractivity contribution >= 4 is 11.5 Å². The third-order valence-corrected chi connectivity index (χ3v) is 4.02. The van der Waals surface area contributed by atoms with E-state index in [1.54, 1.807) is 0 Å². The number of nitrogen functional groups attached to an aromatic ring is 1. The predicted octanol–water partition coefficient (Wildman–Crippen LogP) is 2.10. The summed E-state index contributed by atoms with van der Waals surface area (Å²) in [5.74, 6) is 0.924. The van der Waals surface area contributed by atoms with Crippen LogP contribution in [0.15, 0.2) is 0 Å². The van der Waals surface area contributed by atoms with Gasteiger partial charge in [-0.3, -0.25) is 0 Å². The molecule has 0 amide bonds. The molecule has 2 rings (SSSR count). The van der Waals surface area contributed by atoms with Gasteiger partial charge in [-0.2, -0.15) is 5.10 Å². The molecule has 0 radical (unpaired) electrons. The number of likely N-dealkylation sites (N-methyl/N-ethyl adjacent to an activating group) is 1. The topological polar surface area (TPSA) is 67.3 Å². The Kier molecular flexibility index (Phi) is 3.76. The van der Waals surface area contributed by atoms with E-state index in [-0.39, 0.29) is 6.04 Å². The summed E-state index contributed by atoms with van der Waals surface area (Å²) in [5.41, 5.74) is 7.16. The van der Waals surface area contributed by atoms with Gasteiger partial charge in [0.1, 0.15) is 0 Å². The Morgan fingerprint density at radius 3 is 2.53 bits per heavy atom. The fraction of sp³-hybridized carbons (Fsp3) is 0.786. The maximum Gasteiger partial charge on any atom is 0.150 e. The second kappa shape index (κ2) is 5.04. The van der Waals surface area contributed by atoms with Gasteiger partial charge in [0, 0.05) is 19.6 Å². The number of aryl methyl sites for hydroxylation is 1. The molecule has 0 saturated heterocycles. The molecule has 0 spiro atoms. The number of rotatable bonds is 4. The lowest BCUT2D eigenvalue weighted by Crippen LogP contribution is -2.40. The fourth-order valence-electron chi connectivity index (χ4n) is 3.00. The standard InChI is InChI=1S/C14H26N4O/c1-10(2)18-13(12(15)11(3)16-18)17(4)9-14(19)7-5-6-8-14/h10,19H,5-9,15H2,1-4H3. The average Bonchev–Trinajstić information content (AvgIpc) is 2.85. The molecule has 1 fully saturated rings. The molecule has 3 N–H and O–H groups in total. The molecule has 0 unspecified atom stereocenters. The van der Waals surface area contributed by atoms with Crippen molar-refractivity contribution in [1.82, 2.24) is 9.78 Å². The lowest BCUT2D eigenvalue weighted by Gasteiger charge is -2.31. The minimum Gasteiger partial charge on any atom is -0.394 e. The van der Waals surface area contributed by atoms with Gasteiger partial charge in [-0.15, -0.1) is 0 Å². The van der Waals surface area contributed by atoms with Gasteiger partial charge in [0.2, 0.25) is 0 Å². The highest BCUT2D eigenvalue weighted by Gasteiger charge is 2.33. The minimum absolute atomic E-state index is 0.256. The van der Waals surface area contributed by atoms with E-state index in [1.165, 1.54) is 0 Å². The van der Waals surface area contributed by atoms with Crippen LogP contribution in [0, 0.1) is 6.92 Å². The van der Waals surface area contributed by atoms with E-state index >= 15 is 0 Å². The van der Waals surface area contributed by atoms with Gasteiger partial charge in [-0.25, -0.2) is 4.68 Å². The third kappa shape index (κ3) is 2.71. The van der Waals surface area contributed by atoms with Gasteiger partial charge in [0.05, 0.1) is 17.0 Å². The zero-order valence-electron chi connectivity index (χ0n) is 12.5. The number of hydrogen-bond donors (Lipinski definition) is 2. The Balaban J connectivity index is 2.25. The molecule has 5 nitrogen and oxygen atoms in total. The van der Waals surface area contributed by atoms with Gasteiger partial charge in [0.15, 0.2) is 5.82 Å². The van der Waals surface area contributed by atoms with Crippen LogP contribution in [-0.4, -0.2) is 34.1 Å². The summed E-state index contributed by atoms with van der Waals surface area (Å²) in [6.07, 6.45) is 3.99. The summed E-state index contributed by atoms with van der Waals surface area (Å²) in [6.45, 7) is 6.73. The molecule has 19 heavy (non-hydrogen) atoms. The van der Waals surface area contributed by atoms with Crippen LogP contribution < -0.4 is 10.6 Å². The van der Waals surface area contributed by atoms with Crippen LogP contribution >= 0.6 is 0 Å². The van der Waals surface area contributed by atoms with Crippen molar-refractivity contribution in [3.8, 4) is 0 Å². The SMILES string of the molecule is Cc1nn(C(C)C)c(N(C)CC2(O)CCCC2)c1N. The largest absolute Gasteiger partial charge is 0.394 e. The maximum atomic E-state index is 10.5. The molecule has 0 aliphatic heterocycles. The second-order valence-electron chi connectivity index (χ2n) is 6.15. The highest BCUT2D eigenvalue weighted by atomic mass is 16.3. The first kappa shape index (κ1) is 14.2. The third-order valence-electron chi connectivity index (χ3n) is 4.02. The van der Waals surface area contributed by atoms with Crippen LogP contribution in [0.1, 0.15) is 51.3 Å². The number of aromatic nitrogens is 2. The monoisotopic (exact) mass is 266 g/mol. The summed E-state index contributed by atoms with van der Waals surface area (Å²) in [5, 5.41) is 15.0. The van der Waals surface area contributed by atoms with E-state index in [0.29, 0.717) is 6.54 Å². The van der Waals surface area contributed by atoms with Crippen molar-refractivity contribution in [2.45, 2.75) is 58.1 Å². The van der Waals surface area contributed by atoms with E-state index in [9.17, 15) is 5.11 Å². The molecule has 1 aromatic heterocycles. The van der Waals surface area contributed by atoms with E-state index in [0.717, 1.165) is 42.9 Å². The van der Waals surface area contributed by atoms with Crippen LogP contribution in [-0.2, 0) is 0 Å². The highest BCUT2D eigenvalue weighted by molar-refractivity contribution is 5.66. The summed E-state index contributed by atoms with van der Waals surface area (Å²) < 4.78 is 1.95. The van der Waals surface area contributed by atoms with Crippen molar-refractivity contribution in [1.29, 1.82) is 0 Å². The van der Waals surface area contributed by atoms with E-state index < -0.39 is 5.60 Å². The number of nitrogens with zero attached hydrogens (tertiary/aromatic N) is 3. The molecule has 5 heteroatoms. The van der Waals surface area contributed by atoms with E-state index in [4.69, 9.17) is 5.73 Å². The Hall–Kier alpha value is -1.23. The summed E-state index contributed by atoms with van der Waals surface area (Å²) in [7, 11) is 1.99. The quantitative estimate of drug-likeness (QED) is 0.875. The zero-order valence-corrected chi connectivity index (χ0v) is 12.5. The van der Waals surface area contributed by atoms with E-state index in [2.05, 4.69) is 23.8 Å². The van der Waals surface area contributed by atoms with Crippen LogP contribution in [0.25, 0.3) is 0 Å². The summed E-state index contributed by atoms with van der Waals surface area (Å²) in [6, 6.07) is 0.256. The summed E-state index contributed by atoms with van der Waals surface area (Å²) >= 11 is 0. The zero-order chi connectivity index (χ0) is 14.2. The number of hydrogen-bond acceptors (Lipinski definition) is 4. The van der Waals surface area contributed by atoms with Gasteiger partial charge in [0.25, 0.3) is 0 Å². The molecule has 108 valence electrons. The molecule has 1 aliphatic carbocycles. The smallest absolute Gasteiger partial charge is 0.150 e. The van der Waals surface area contributed by atoms with Gasteiger partial charge in [-0.1, -0.05) is 12.8 Å². The Bertz CT molecular complexity index is 447. The lowest BCUT2D eigenvalue weighted by molar-refractivity contribution is 0.0556. The molecular weight excluding hydrogens is 240 g/mol. The molecule has 1 heterocycles.